The molecule has 0 radical (unpaired) electrons. The molecular formula is C14H18O4. The van der Waals surface area contributed by atoms with Crippen molar-refractivity contribution in [3.8, 4) is 11.5 Å². The lowest BCUT2D eigenvalue weighted by atomic mass is 9.89. The zero-order chi connectivity index (χ0) is 13.3. The van der Waals surface area contributed by atoms with Gasteiger partial charge in [-0.05, 0) is 43.4 Å². The quantitative estimate of drug-likeness (QED) is 0.843. The van der Waals surface area contributed by atoms with Crippen molar-refractivity contribution in [2.24, 2.45) is 5.92 Å². The van der Waals surface area contributed by atoms with Gasteiger partial charge in [0.2, 0.25) is 0 Å². The van der Waals surface area contributed by atoms with E-state index in [1.807, 2.05) is 0 Å². The highest BCUT2D eigenvalue weighted by Crippen LogP contribution is 2.48. The third-order valence-corrected chi connectivity index (χ3v) is 3.53. The van der Waals surface area contributed by atoms with Crippen molar-refractivity contribution in [3.05, 3.63) is 23.3 Å². The number of benzene rings is 1. The fourth-order valence-electron chi connectivity index (χ4n) is 2.37. The number of hydrogen-bond acceptors (Lipinski definition) is 3. The van der Waals surface area contributed by atoms with Crippen LogP contribution in [0.25, 0.3) is 0 Å². The van der Waals surface area contributed by atoms with Crippen molar-refractivity contribution in [2.75, 3.05) is 7.11 Å². The Morgan fingerprint density at radius 3 is 2.67 bits per heavy atom. The maximum atomic E-state index is 11.0. The van der Waals surface area contributed by atoms with Gasteiger partial charge in [0.25, 0.3) is 0 Å². The van der Waals surface area contributed by atoms with Crippen LogP contribution >= 0.6 is 0 Å². The Kier molecular flexibility index (Phi) is 3.45. The number of carboxylic acid groups (broad SMARTS) is 1. The lowest BCUT2D eigenvalue weighted by Crippen LogP contribution is -2.10. The number of phenols is 1. The summed E-state index contributed by atoms with van der Waals surface area (Å²) in [6.45, 7) is 1.80. The number of hydrogen-bond donors (Lipinski definition) is 2. The number of ether oxygens (including phenoxy) is 1. The Morgan fingerprint density at radius 1 is 1.50 bits per heavy atom. The van der Waals surface area contributed by atoms with E-state index in [1.54, 1.807) is 26.2 Å². The van der Waals surface area contributed by atoms with E-state index >= 15 is 0 Å². The highest BCUT2D eigenvalue weighted by molar-refractivity contribution is 5.68. The molecule has 4 heteroatoms. The van der Waals surface area contributed by atoms with Crippen LogP contribution in [0.5, 0.6) is 11.5 Å². The van der Waals surface area contributed by atoms with Gasteiger partial charge >= 0.3 is 5.97 Å². The van der Waals surface area contributed by atoms with Gasteiger partial charge in [0.05, 0.1) is 13.5 Å². The highest BCUT2D eigenvalue weighted by atomic mass is 16.5. The van der Waals surface area contributed by atoms with Gasteiger partial charge < -0.3 is 14.9 Å². The molecule has 4 nitrogen and oxygen atoms in total. The topological polar surface area (TPSA) is 66.8 Å². The SMILES string of the molecule is COc1cc(C)c(O)cc1C(CC(=O)O)C1CC1. The molecule has 1 aromatic rings. The molecular weight excluding hydrogens is 232 g/mol. The lowest BCUT2D eigenvalue weighted by Gasteiger charge is -2.19. The van der Waals surface area contributed by atoms with Crippen molar-refractivity contribution < 1.29 is 19.7 Å². The standard InChI is InChI=1S/C14H18O4/c1-8-5-13(18-2)11(6-12(8)15)10(7-14(16)17)9-3-4-9/h5-6,9-10,15H,3-4,7H2,1-2H3,(H,16,17). The van der Waals surface area contributed by atoms with Gasteiger partial charge in [0.15, 0.2) is 0 Å². The Morgan fingerprint density at radius 2 is 2.17 bits per heavy atom. The zero-order valence-corrected chi connectivity index (χ0v) is 10.6. The minimum absolute atomic E-state index is 0.0658. The normalized spacial score (nSPS) is 16.3. The van der Waals surface area contributed by atoms with Gasteiger partial charge in [0.1, 0.15) is 11.5 Å². The van der Waals surface area contributed by atoms with Gasteiger partial charge in [-0.15, -0.1) is 0 Å². The summed E-state index contributed by atoms with van der Waals surface area (Å²) in [6.07, 6.45) is 2.19. The smallest absolute Gasteiger partial charge is 0.303 e. The number of methoxy groups -OCH3 is 1. The number of carbonyl (C=O) groups is 1. The molecule has 0 heterocycles. The fourth-order valence-corrected chi connectivity index (χ4v) is 2.37. The largest absolute Gasteiger partial charge is 0.508 e. The summed E-state index contributed by atoms with van der Waals surface area (Å²) < 4.78 is 5.32. The first-order valence-corrected chi connectivity index (χ1v) is 6.12. The minimum atomic E-state index is -0.811. The lowest BCUT2D eigenvalue weighted by molar-refractivity contribution is -0.137. The first-order chi connectivity index (χ1) is 8.52. The highest BCUT2D eigenvalue weighted by Gasteiger charge is 2.35. The molecule has 1 atom stereocenters. The van der Waals surface area contributed by atoms with Crippen LogP contribution in [0.4, 0.5) is 0 Å². The summed E-state index contributed by atoms with van der Waals surface area (Å²) in [5.41, 5.74) is 1.55. The third-order valence-electron chi connectivity index (χ3n) is 3.53. The van der Waals surface area contributed by atoms with Crippen LogP contribution in [0.3, 0.4) is 0 Å². The van der Waals surface area contributed by atoms with Gasteiger partial charge in [-0.1, -0.05) is 0 Å². The van der Waals surface area contributed by atoms with Crippen LogP contribution in [-0.4, -0.2) is 23.3 Å². The molecule has 0 amide bonds. The van der Waals surface area contributed by atoms with Crippen molar-refractivity contribution in [1.82, 2.24) is 0 Å². The van der Waals surface area contributed by atoms with Crippen molar-refractivity contribution in [1.29, 1.82) is 0 Å². The molecule has 1 aliphatic carbocycles. The minimum Gasteiger partial charge on any atom is -0.508 e. The number of aliphatic carboxylic acids is 1. The van der Waals surface area contributed by atoms with Crippen molar-refractivity contribution in [3.63, 3.8) is 0 Å². The van der Waals surface area contributed by atoms with Crippen LogP contribution in [0, 0.1) is 12.8 Å². The summed E-state index contributed by atoms with van der Waals surface area (Å²) in [4.78, 5) is 11.0. The summed E-state index contributed by atoms with van der Waals surface area (Å²) in [5.74, 6) is 0.389. The Bertz CT molecular complexity index is 463. The molecule has 0 spiro atoms. The molecule has 0 saturated heterocycles. The molecule has 0 aliphatic heterocycles. The second kappa shape index (κ2) is 4.88. The molecule has 1 aromatic carbocycles. The average molecular weight is 250 g/mol. The Hall–Kier alpha value is -1.71. The summed E-state index contributed by atoms with van der Waals surface area (Å²) in [6, 6.07) is 3.42. The van der Waals surface area contributed by atoms with E-state index in [9.17, 15) is 9.90 Å². The number of aryl methyl sites for hydroxylation is 1. The predicted molar refractivity (Wildman–Crippen MR) is 67.1 cm³/mol. The van der Waals surface area contributed by atoms with E-state index < -0.39 is 5.97 Å². The van der Waals surface area contributed by atoms with E-state index in [-0.39, 0.29) is 18.1 Å². The summed E-state index contributed by atoms with van der Waals surface area (Å²) in [5, 5.41) is 18.8. The average Bonchev–Trinajstić information content (AvgIpc) is 3.13. The van der Waals surface area contributed by atoms with E-state index in [0.29, 0.717) is 11.7 Å². The van der Waals surface area contributed by atoms with Crippen LogP contribution < -0.4 is 4.74 Å². The van der Waals surface area contributed by atoms with Gasteiger partial charge in [-0.2, -0.15) is 0 Å². The third kappa shape index (κ3) is 2.58. The Balaban J connectivity index is 2.39. The molecule has 2 N–H and O–H groups in total. The molecule has 2 rings (SSSR count). The van der Waals surface area contributed by atoms with Crippen LogP contribution in [0.2, 0.25) is 0 Å². The molecule has 0 bridgehead atoms. The van der Waals surface area contributed by atoms with E-state index in [4.69, 9.17) is 9.84 Å². The second-order valence-electron chi connectivity index (χ2n) is 4.92. The van der Waals surface area contributed by atoms with E-state index in [2.05, 4.69) is 0 Å². The van der Waals surface area contributed by atoms with Gasteiger partial charge in [0, 0.05) is 11.5 Å². The molecule has 18 heavy (non-hydrogen) atoms. The summed E-state index contributed by atoms with van der Waals surface area (Å²) in [7, 11) is 1.57. The van der Waals surface area contributed by atoms with Crippen LogP contribution in [0.1, 0.15) is 36.3 Å². The number of aromatic hydroxyl groups is 1. The molecule has 0 aromatic heterocycles. The molecule has 1 unspecified atom stereocenters. The molecule has 98 valence electrons. The van der Waals surface area contributed by atoms with Gasteiger partial charge in [-0.25, -0.2) is 0 Å². The molecule has 1 saturated carbocycles. The number of carboxylic acids is 1. The van der Waals surface area contributed by atoms with Crippen molar-refractivity contribution in [2.45, 2.75) is 32.1 Å². The summed E-state index contributed by atoms with van der Waals surface area (Å²) >= 11 is 0. The maximum absolute atomic E-state index is 11.0. The zero-order valence-electron chi connectivity index (χ0n) is 10.6. The Labute approximate surface area is 106 Å². The molecule has 1 aliphatic rings. The second-order valence-corrected chi connectivity index (χ2v) is 4.92. The van der Waals surface area contributed by atoms with Gasteiger partial charge in [-0.3, -0.25) is 4.79 Å². The van der Waals surface area contributed by atoms with E-state index in [1.165, 1.54) is 0 Å². The van der Waals surface area contributed by atoms with E-state index in [0.717, 1.165) is 24.0 Å². The van der Waals surface area contributed by atoms with Crippen LogP contribution in [-0.2, 0) is 4.79 Å². The monoisotopic (exact) mass is 250 g/mol. The molecule has 1 fully saturated rings. The number of phenolic OH excluding ortho intramolecular Hbond substituents is 1. The predicted octanol–water partition coefficient (Wildman–Crippen LogP) is 2.68. The number of rotatable bonds is 5. The fraction of sp³-hybridized carbons (Fsp3) is 0.500. The maximum Gasteiger partial charge on any atom is 0.303 e. The first-order valence-electron chi connectivity index (χ1n) is 6.12. The first kappa shape index (κ1) is 12.7. The van der Waals surface area contributed by atoms with Crippen molar-refractivity contribution >= 4 is 5.97 Å². The van der Waals surface area contributed by atoms with Crippen LogP contribution in [0.15, 0.2) is 12.1 Å².